The van der Waals surface area contributed by atoms with Gasteiger partial charge in [-0.3, -0.25) is 0 Å². The van der Waals surface area contributed by atoms with E-state index in [1.807, 2.05) is 0 Å². The quantitative estimate of drug-likeness (QED) is 0.482. The van der Waals surface area contributed by atoms with E-state index in [2.05, 4.69) is 52.0 Å². The zero-order chi connectivity index (χ0) is 12.9. The molecule has 1 aliphatic rings. The van der Waals surface area contributed by atoms with Crippen molar-refractivity contribution in [2.75, 3.05) is 0 Å². The molecule has 0 radical (unpaired) electrons. The van der Waals surface area contributed by atoms with Gasteiger partial charge in [0, 0.05) is 25.8 Å². The van der Waals surface area contributed by atoms with Crippen LogP contribution in [0.25, 0.3) is 10.8 Å². The third-order valence-electron chi connectivity index (χ3n) is 4.15. The van der Waals surface area contributed by atoms with Gasteiger partial charge in [-0.1, -0.05) is 51.2 Å². The fourth-order valence-corrected chi connectivity index (χ4v) is 3.45. The Bertz CT molecular complexity index is 587. The van der Waals surface area contributed by atoms with Gasteiger partial charge in [-0.05, 0) is 18.3 Å². The maximum Gasteiger partial charge on any atom is 0 e. The molecular weight excluding hydrogens is 395 g/mol. The van der Waals surface area contributed by atoms with E-state index in [9.17, 15) is 0 Å². The van der Waals surface area contributed by atoms with Crippen LogP contribution in [0.1, 0.15) is 44.4 Å². The van der Waals surface area contributed by atoms with Gasteiger partial charge in [0.15, 0.2) is 0 Å². The van der Waals surface area contributed by atoms with E-state index in [0.717, 1.165) is 5.92 Å². The van der Waals surface area contributed by atoms with Crippen molar-refractivity contribution in [3.05, 3.63) is 41.0 Å². The summed E-state index contributed by atoms with van der Waals surface area (Å²) in [5.74, 6) is 0.736. The second kappa shape index (κ2) is 5.24. The molecule has 0 heterocycles. The molecule has 0 nitrogen and oxygen atoms in total. The molecule has 0 saturated heterocycles. The van der Waals surface area contributed by atoms with Gasteiger partial charge in [0.2, 0.25) is 0 Å². The van der Waals surface area contributed by atoms with Crippen LogP contribution in [0.5, 0.6) is 0 Å². The molecule has 0 atom stereocenters. The standard InChI is InChI=1S/C18H23.Hf/c1-12(2)7-13-5-6-14-8-15-10-18(3,4)11-16(15)9-17(13)14;/h5-6,8-9,12H,7,10-11H2,1-4H3;/q-1;. The Hall–Kier alpha value is -0.300. The molecule has 0 aliphatic heterocycles. The second-order valence-corrected chi connectivity index (χ2v) is 7.18. The van der Waals surface area contributed by atoms with E-state index in [4.69, 9.17) is 0 Å². The molecule has 2 aromatic carbocycles. The van der Waals surface area contributed by atoms with Crippen molar-refractivity contribution in [2.24, 2.45) is 11.3 Å². The Balaban J connectivity index is 0.00000133. The largest absolute Gasteiger partial charge is 0.168 e. The third kappa shape index (κ3) is 2.91. The fourth-order valence-electron chi connectivity index (χ4n) is 3.45. The Morgan fingerprint density at radius 2 is 1.79 bits per heavy atom. The second-order valence-electron chi connectivity index (χ2n) is 7.18. The summed E-state index contributed by atoms with van der Waals surface area (Å²) in [6.45, 7) is 9.37. The number of benzene rings is 1. The van der Waals surface area contributed by atoms with E-state index < -0.39 is 0 Å². The molecule has 0 unspecified atom stereocenters. The predicted molar refractivity (Wildman–Crippen MR) is 79.3 cm³/mol. The number of hydrogen-bond donors (Lipinski definition) is 0. The van der Waals surface area contributed by atoms with E-state index in [-0.39, 0.29) is 25.8 Å². The van der Waals surface area contributed by atoms with Crippen molar-refractivity contribution in [1.29, 1.82) is 0 Å². The first-order valence-corrected chi connectivity index (χ1v) is 7.15. The summed E-state index contributed by atoms with van der Waals surface area (Å²) in [6, 6.07) is 9.53. The monoisotopic (exact) mass is 419 g/mol. The molecule has 0 spiro atoms. The molecule has 0 saturated carbocycles. The van der Waals surface area contributed by atoms with Crippen LogP contribution in [0.4, 0.5) is 0 Å². The molecule has 1 aliphatic carbocycles. The topological polar surface area (TPSA) is 0 Å². The minimum absolute atomic E-state index is 0. The van der Waals surface area contributed by atoms with E-state index in [0.29, 0.717) is 5.41 Å². The Morgan fingerprint density at radius 1 is 1.16 bits per heavy atom. The molecule has 0 amide bonds. The Kier molecular flexibility index (Phi) is 4.16. The molecule has 0 fully saturated rings. The first-order chi connectivity index (χ1) is 8.44. The SMILES string of the molecule is CC(C)C[c-]1ccc2cc3c(cc21)CC(C)(C)C3.[Hf]. The molecule has 19 heavy (non-hydrogen) atoms. The molecule has 0 N–H and O–H groups in total. The van der Waals surface area contributed by atoms with Gasteiger partial charge in [-0.2, -0.15) is 6.07 Å². The Labute approximate surface area is 135 Å². The summed E-state index contributed by atoms with van der Waals surface area (Å²) in [6.07, 6.45) is 3.68. The minimum Gasteiger partial charge on any atom is -0.168 e. The predicted octanol–water partition coefficient (Wildman–Crippen LogP) is 4.88. The summed E-state index contributed by atoms with van der Waals surface area (Å²) in [5.41, 5.74) is 5.16. The van der Waals surface area contributed by atoms with Crippen LogP contribution in [-0.2, 0) is 45.1 Å². The summed E-state index contributed by atoms with van der Waals surface area (Å²) in [4.78, 5) is 0. The molecule has 3 rings (SSSR count). The normalized spacial score (nSPS) is 16.7. The maximum atomic E-state index is 2.47. The van der Waals surface area contributed by atoms with Gasteiger partial charge in [0.1, 0.15) is 0 Å². The van der Waals surface area contributed by atoms with Gasteiger partial charge in [0.05, 0.1) is 0 Å². The van der Waals surface area contributed by atoms with Crippen molar-refractivity contribution in [3.8, 4) is 0 Å². The van der Waals surface area contributed by atoms with Gasteiger partial charge >= 0.3 is 0 Å². The summed E-state index contributed by atoms with van der Waals surface area (Å²) >= 11 is 0. The van der Waals surface area contributed by atoms with Crippen molar-refractivity contribution >= 4 is 10.8 Å². The van der Waals surface area contributed by atoms with Crippen LogP contribution < -0.4 is 0 Å². The third-order valence-corrected chi connectivity index (χ3v) is 4.15. The van der Waals surface area contributed by atoms with Gasteiger partial charge in [-0.25, -0.2) is 0 Å². The number of hydrogen-bond acceptors (Lipinski definition) is 0. The smallest absolute Gasteiger partial charge is 0 e. The van der Waals surface area contributed by atoms with Gasteiger partial charge < -0.3 is 0 Å². The number of fused-ring (bicyclic) bond motifs is 2. The first kappa shape index (κ1) is 15.1. The molecule has 0 aromatic heterocycles. The van der Waals surface area contributed by atoms with Crippen molar-refractivity contribution in [2.45, 2.75) is 47.0 Å². The summed E-state index contributed by atoms with van der Waals surface area (Å²) < 4.78 is 0. The number of rotatable bonds is 2. The molecule has 2 aromatic rings. The van der Waals surface area contributed by atoms with Crippen LogP contribution in [0, 0.1) is 11.3 Å². The summed E-state index contributed by atoms with van der Waals surface area (Å²) in [5, 5.41) is 2.95. The van der Waals surface area contributed by atoms with Gasteiger partial charge in [-0.15, -0.1) is 34.5 Å². The first-order valence-electron chi connectivity index (χ1n) is 7.15. The Morgan fingerprint density at radius 3 is 2.42 bits per heavy atom. The molecule has 1 heteroatoms. The average molecular weight is 418 g/mol. The average Bonchev–Trinajstić information content (AvgIpc) is 2.73. The van der Waals surface area contributed by atoms with Crippen molar-refractivity contribution in [1.82, 2.24) is 0 Å². The van der Waals surface area contributed by atoms with Crippen molar-refractivity contribution < 1.29 is 25.8 Å². The fraction of sp³-hybridized carbons (Fsp3) is 0.500. The van der Waals surface area contributed by atoms with Crippen LogP contribution >= 0.6 is 0 Å². The van der Waals surface area contributed by atoms with E-state index >= 15 is 0 Å². The maximum absolute atomic E-state index is 2.47. The van der Waals surface area contributed by atoms with Crippen LogP contribution in [-0.4, -0.2) is 0 Å². The minimum atomic E-state index is 0. The van der Waals surface area contributed by atoms with Crippen LogP contribution in [0.2, 0.25) is 0 Å². The van der Waals surface area contributed by atoms with E-state index in [1.165, 1.54) is 35.6 Å². The molecule has 100 valence electrons. The zero-order valence-electron chi connectivity index (χ0n) is 12.5. The molecule has 0 bridgehead atoms. The summed E-state index contributed by atoms with van der Waals surface area (Å²) in [7, 11) is 0. The van der Waals surface area contributed by atoms with Crippen molar-refractivity contribution in [3.63, 3.8) is 0 Å². The van der Waals surface area contributed by atoms with Crippen LogP contribution in [0.3, 0.4) is 0 Å². The zero-order valence-corrected chi connectivity index (χ0v) is 16.1. The van der Waals surface area contributed by atoms with Gasteiger partial charge in [0.25, 0.3) is 0 Å². The molecular formula is C18H23Hf-. The van der Waals surface area contributed by atoms with Crippen LogP contribution in [0.15, 0.2) is 24.3 Å². The van der Waals surface area contributed by atoms with E-state index in [1.54, 1.807) is 11.1 Å².